The van der Waals surface area contributed by atoms with Gasteiger partial charge in [-0.3, -0.25) is 9.48 Å². The van der Waals surface area contributed by atoms with E-state index in [2.05, 4.69) is 38.0 Å². The van der Waals surface area contributed by atoms with Crippen LogP contribution in [0.4, 0.5) is 0 Å². The Morgan fingerprint density at radius 2 is 1.70 bits per heavy atom. The van der Waals surface area contributed by atoms with Gasteiger partial charge in [-0.1, -0.05) is 92.2 Å². The normalized spacial score (nSPS) is 11.7. The number of aryl methyl sites for hydroxylation is 1. The first-order valence-corrected chi connectivity index (χ1v) is 13.1. The number of carboxylic acids is 1. The average molecular weight is 536 g/mol. The van der Waals surface area contributed by atoms with E-state index in [4.69, 9.17) is 0 Å². The number of carboxylic acid groups (broad SMARTS) is 1. The Morgan fingerprint density at radius 1 is 0.975 bits per heavy atom. The predicted molar refractivity (Wildman–Crippen MR) is 149 cm³/mol. The van der Waals surface area contributed by atoms with Crippen molar-refractivity contribution in [2.75, 3.05) is 0 Å². The summed E-state index contributed by atoms with van der Waals surface area (Å²) >= 11 is 0. The Balaban J connectivity index is 1.37. The van der Waals surface area contributed by atoms with Crippen molar-refractivity contribution in [1.82, 2.24) is 35.7 Å². The minimum Gasteiger partial charge on any atom is -0.479 e. The smallest absolute Gasteiger partial charge is 0.330 e. The minimum absolute atomic E-state index is 0.194. The third-order valence-electron chi connectivity index (χ3n) is 6.66. The fourth-order valence-electron chi connectivity index (χ4n) is 4.58. The summed E-state index contributed by atoms with van der Waals surface area (Å²) in [5.74, 6) is -1.06. The number of H-pyrrole nitrogens is 1. The molecule has 0 spiro atoms. The van der Waals surface area contributed by atoms with Crippen LogP contribution in [0.15, 0.2) is 84.9 Å². The molecule has 1 atom stereocenters. The second-order valence-electron chi connectivity index (χ2n) is 9.43. The van der Waals surface area contributed by atoms with E-state index in [0.29, 0.717) is 17.9 Å². The Labute approximate surface area is 231 Å². The van der Waals surface area contributed by atoms with Gasteiger partial charge in [0.1, 0.15) is 5.69 Å². The van der Waals surface area contributed by atoms with Crippen LogP contribution in [0.2, 0.25) is 0 Å². The summed E-state index contributed by atoms with van der Waals surface area (Å²) in [7, 11) is 0. The lowest BCUT2D eigenvalue weighted by Crippen LogP contribution is -2.34. The zero-order valence-corrected chi connectivity index (χ0v) is 22.0. The van der Waals surface area contributed by atoms with Crippen molar-refractivity contribution in [2.45, 2.75) is 38.8 Å². The van der Waals surface area contributed by atoms with Crippen LogP contribution < -0.4 is 5.32 Å². The molecule has 0 radical (unpaired) electrons. The standard InChI is InChI=1S/C30H29N7O3/c1-2-3-11-23-18-26(29(38)31-27(30(39)40)22-9-5-4-6-10-22)34-37(23)19-20-14-16-21(17-15-20)24-12-7-8-13-25(24)28-32-35-36-33-28/h4-10,12-18,27H,2-3,11,19H2,1H3,(H,31,38)(H,39,40)(H,32,33,35,36). The van der Waals surface area contributed by atoms with Crippen LogP contribution in [0.25, 0.3) is 22.5 Å². The molecule has 1 amide bonds. The summed E-state index contributed by atoms with van der Waals surface area (Å²) in [4.78, 5) is 25.0. The molecule has 40 heavy (non-hydrogen) atoms. The van der Waals surface area contributed by atoms with Crippen LogP contribution in [0.1, 0.15) is 53.1 Å². The lowest BCUT2D eigenvalue weighted by Gasteiger charge is -2.14. The molecule has 10 nitrogen and oxygen atoms in total. The van der Waals surface area contributed by atoms with E-state index in [9.17, 15) is 14.7 Å². The summed E-state index contributed by atoms with van der Waals surface area (Å²) in [5, 5.41) is 31.2. The first-order valence-electron chi connectivity index (χ1n) is 13.1. The number of hydrogen-bond donors (Lipinski definition) is 3. The van der Waals surface area contributed by atoms with Crippen molar-refractivity contribution in [2.24, 2.45) is 0 Å². The van der Waals surface area contributed by atoms with Gasteiger partial charge in [0.15, 0.2) is 11.9 Å². The van der Waals surface area contributed by atoms with Crippen LogP contribution >= 0.6 is 0 Å². The van der Waals surface area contributed by atoms with E-state index in [1.54, 1.807) is 36.4 Å². The molecule has 0 aliphatic rings. The number of carbonyl (C=O) groups excluding carboxylic acids is 1. The molecule has 0 saturated heterocycles. The molecule has 0 saturated carbocycles. The number of nitrogens with one attached hydrogen (secondary N) is 2. The quantitative estimate of drug-likeness (QED) is 0.223. The number of amides is 1. The molecule has 2 heterocycles. The summed E-state index contributed by atoms with van der Waals surface area (Å²) in [6.45, 7) is 2.58. The number of aliphatic carboxylic acids is 1. The number of nitrogens with zero attached hydrogens (tertiary/aromatic N) is 5. The third-order valence-corrected chi connectivity index (χ3v) is 6.66. The molecule has 3 N–H and O–H groups in total. The molecule has 0 fully saturated rings. The number of aromatic nitrogens is 6. The van der Waals surface area contributed by atoms with Crippen LogP contribution in [0.3, 0.4) is 0 Å². The maximum atomic E-state index is 13.1. The molecule has 3 aromatic carbocycles. The number of aromatic amines is 1. The molecular formula is C30H29N7O3. The number of benzene rings is 3. The second-order valence-corrected chi connectivity index (χ2v) is 9.43. The summed E-state index contributed by atoms with van der Waals surface area (Å²) in [5.41, 5.74) is 5.55. The van der Waals surface area contributed by atoms with Crippen molar-refractivity contribution in [3.8, 4) is 22.5 Å². The van der Waals surface area contributed by atoms with Crippen LogP contribution in [0.5, 0.6) is 0 Å². The van der Waals surface area contributed by atoms with Gasteiger partial charge in [0.25, 0.3) is 5.91 Å². The van der Waals surface area contributed by atoms with Crippen molar-refractivity contribution in [3.05, 3.63) is 107 Å². The van der Waals surface area contributed by atoms with Gasteiger partial charge in [0.2, 0.25) is 0 Å². The summed E-state index contributed by atoms with van der Waals surface area (Å²) in [6, 6.07) is 25.3. The van der Waals surface area contributed by atoms with Gasteiger partial charge in [0, 0.05) is 11.3 Å². The molecule has 10 heteroatoms. The molecule has 1 unspecified atom stereocenters. The third kappa shape index (κ3) is 5.96. The molecule has 0 aliphatic heterocycles. The molecule has 0 aliphatic carbocycles. The van der Waals surface area contributed by atoms with Crippen LogP contribution in [0, 0.1) is 0 Å². The molecule has 5 aromatic rings. The maximum Gasteiger partial charge on any atom is 0.330 e. The Kier molecular flexibility index (Phi) is 8.05. The highest BCUT2D eigenvalue weighted by Crippen LogP contribution is 2.30. The lowest BCUT2D eigenvalue weighted by molar-refractivity contribution is -0.139. The first-order chi connectivity index (χ1) is 19.5. The number of rotatable bonds is 11. The van der Waals surface area contributed by atoms with Crippen molar-refractivity contribution >= 4 is 11.9 Å². The van der Waals surface area contributed by atoms with Crippen LogP contribution in [-0.2, 0) is 17.8 Å². The SMILES string of the molecule is CCCCc1cc(C(=O)NC(C(=O)O)c2ccccc2)nn1Cc1ccc(-c2ccccc2-c2nnn[nH]2)cc1. The molecule has 0 bridgehead atoms. The molecule has 202 valence electrons. The number of unbranched alkanes of at least 4 members (excludes halogenated alkanes) is 1. The highest BCUT2D eigenvalue weighted by molar-refractivity contribution is 5.95. The van der Waals surface area contributed by atoms with Gasteiger partial charge in [-0.25, -0.2) is 9.89 Å². The highest BCUT2D eigenvalue weighted by atomic mass is 16.4. The topological polar surface area (TPSA) is 139 Å². The van der Waals surface area contributed by atoms with Crippen LogP contribution in [-0.4, -0.2) is 47.4 Å². The Bertz CT molecular complexity index is 1580. The first kappa shape index (κ1) is 26.5. The summed E-state index contributed by atoms with van der Waals surface area (Å²) in [6.07, 6.45) is 2.70. The van der Waals surface area contributed by atoms with Gasteiger partial charge in [-0.2, -0.15) is 5.10 Å². The Hall–Kier alpha value is -5.12. The monoisotopic (exact) mass is 535 g/mol. The van der Waals surface area contributed by atoms with Crippen molar-refractivity contribution in [1.29, 1.82) is 0 Å². The molecular weight excluding hydrogens is 506 g/mol. The minimum atomic E-state index is -1.17. The van der Waals surface area contributed by atoms with Crippen molar-refractivity contribution in [3.63, 3.8) is 0 Å². The van der Waals surface area contributed by atoms with Gasteiger partial charge >= 0.3 is 5.97 Å². The number of carbonyl (C=O) groups is 2. The summed E-state index contributed by atoms with van der Waals surface area (Å²) < 4.78 is 1.83. The average Bonchev–Trinajstić information content (AvgIpc) is 3.66. The van der Waals surface area contributed by atoms with E-state index in [1.165, 1.54) is 0 Å². The van der Waals surface area contributed by atoms with E-state index in [0.717, 1.165) is 47.2 Å². The zero-order valence-electron chi connectivity index (χ0n) is 22.0. The van der Waals surface area contributed by atoms with E-state index < -0.39 is 17.9 Å². The largest absolute Gasteiger partial charge is 0.479 e. The van der Waals surface area contributed by atoms with Gasteiger partial charge in [-0.05, 0) is 51.6 Å². The van der Waals surface area contributed by atoms with E-state index in [1.807, 2.05) is 53.2 Å². The fourth-order valence-corrected chi connectivity index (χ4v) is 4.58. The number of hydrogen-bond acceptors (Lipinski definition) is 6. The van der Waals surface area contributed by atoms with Gasteiger partial charge < -0.3 is 10.4 Å². The van der Waals surface area contributed by atoms with Gasteiger partial charge in [-0.15, -0.1) is 5.10 Å². The highest BCUT2D eigenvalue weighted by Gasteiger charge is 2.24. The zero-order chi connectivity index (χ0) is 27.9. The second kappa shape index (κ2) is 12.2. The van der Waals surface area contributed by atoms with Gasteiger partial charge in [0.05, 0.1) is 6.54 Å². The molecule has 5 rings (SSSR count). The lowest BCUT2D eigenvalue weighted by atomic mass is 9.98. The number of tetrazole rings is 1. The predicted octanol–water partition coefficient (Wildman–Crippen LogP) is 4.68. The fraction of sp³-hybridized carbons (Fsp3) is 0.200. The Morgan fingerprint density at radius 3 is 2.38 bits per heavy atom. The molecule has 2 aromatic heterocycles. The van der Waals surface area contributed by atoms with E-state index >= 15 is 0 Å². The van der Waals surface area contributed by atoms with E-state index in [-0.39, 0.29) is 5.69 Å². The van der Waals surface area contributed by atoms with Crippen molar-refractivity contribution < 1.29 is 14.7 Å². The maximum absolute atomic E-state index is 13.1.